The number of para-hydroxylation sites is 4. The van der Waals surface area contributed by atoms with Crippen LogP contribution in [0, 0.1) is 0 Å². The first-order chi connectivity index (χ1) is 28.8. The average Bonchev–Trinajstić information content (AvgIpc) is 3.82. The highest BCUT2D eigenvalue weighted by molar-refractivity contribution is 6.11. The predicted octanol–water partition coefficient (Wildman–Crippen LogP) is 12.8. The second-order valence-corrected chi connectivity index (χ2v) is 14.7. The molecule has 0 aliphatic rings. The lowest BCUT2D eigenvalue weighted by Gasteiger charge is -2.15. The minimum atomic E-state index is 0.549. The van der Waals surface area contributed by atoms with Crippen LogP contribution < -0.4 is 0 Å². The summed E-state index contributed by atoms with van der Waals surface area (Å²) in [4.78, 5) is 20.7. The molecular formula is C52H32N6. The van der Waals surface area contributed by atoms with Gasteiger partial charge in [0.2, 0.25) is 0 Å². The van der Waals surface area contributed by atoms with Gasteiger partial charge in [-0.3, -0.25) is 0 Å². The number of hydrogen-bond donors (Lipinski definition) is 0. The summed E-state index contributed by atoms with van der Waals surface area (Å²) in [6.45, 7) is 0. The van der Waals surface area contributed by atoms with Crippen LogP contribution in [0.3, 0.4) is 0 Å². The zero-order valence-corrected chi connectivity index (χ0v) is 31.2. The molecule has 12 aromatic rings. The third kappa shape index (κ3) is 4.98. The SMILES string of the molecule is c1ccc(-c2nc(-c3ccnc(-c4cc(-n5c6ccccc6c6ccccc65)cc(-n5c6ccccc6c6ccccc65)c4)n3)nc3c2ccc2ccccc23)cc1. The topological polar surface area (TPSA) is 61.4 Å². The maximum atomic E-state index is 5.27. The van der Waals surface area contributed by atoms with Gasteiger partial charge in [-0.05, 0) is 60.0 Å². The minimum Gasteiger partial charge on any atom is -0.309 e. The van der Waals surface area contributed by atoms with E-state index in [0.29, 0.717) is 17.3 Å². The van der Waals surface area contributed by atoms with Crippen molar-refractivity contribution in [1.82, 2.24) is 29.1 Å². The molecule has 4 heterocycles. The van der Waals surface area contributed by atoms with Gasteiger partial charge in [0.25, 0.3) is 0 Å². The monoisotopic (exact) mass is 740 g/mol. The van der Waals surface area contributed by atoms with Gasteiger partial charge in [-0.1, -0.05) is 133 Å². The van der Waals surface area contributed by atoms with E-state index in [1.54, 1.807) is 0 Å². The molecule has 4 aromatic heterocycles. The molecule has 8 aromatic carbocycles. The van der Waals surface area contributed by atoms with Crippen molar-refractivity contribution in [3.8, 4) is 45.5 Å². The maximum absolute atomic E-state index is 5.27. The second kappa shape index (κ2) is 12.8. The van der Waals surface area contributed by atoms with Crippen molar-refractivity contribution in [2.75, 3.05) is 0 Å². The van der Waals surface area contributed by atoms with Crippen molar-refractivity contribution in [2.24, 2.45) is 0 Å². The largest absolute Gasteiger partial charge is 0.309 e. The van der Waals surface area contributed by atoms with E-state index < -0.39 is 0 Å². The Bertz CT molecular complexity index is 3340. The quantitative estimate of drug-likeness (QED) is 0.165. The van der Waals surface area contributed by atoms with E-state index in [0.717, 1.165) is 71.9 Å². The Labute approximate surface area is 333 Å². The molecule has 0 bridgehead atoms. The third-order valence-corrected chi connectivity index (χ3v) is 11.4. The highest BCUT2D eigenvalue weighted by atomic mass is 15.0. The van der Waals surface area contributed by atoms with Gasteiger partial charge in [-0.25, -0.2) is 19.9 Å². The van der Waals surface area contributed by atoms with Gasteiger partial charge < -0.3 is 9.13 Å². The molecule has 12 rings (SSSR count). The Morgan fingerprint density at radius 2 is 0.862 bits per heavy atom. The van der Waals surface area contributed by atoms with E-state index in [9.17, 15) is 0 Å². The van der Waals surface area contributed by atoms with E-state index in [-0.39, 0.29) is 0 Å². The van der Waals surface area contributed by atoms with Gasteiger partial charge in [0.1, 0.15) is 5.69 Å². The van der Waals surface area contributed by atoms with Crippen LogP contribution in [0.1, 0.15) is 0 Å². The van der Waals surface area contributed by atoms with Gasteiger partial charge in [0, 0.05) is 61.0 Å². The molecule has 6 heteroatoms. The van der Waals surface area contributed by atoms with Crippen LogP contribution in [-0.4, -0.2) is 29.1 Å². The molecule has 6 nitrogen and oxygen atoms in total. The first-order valence-electron chi connectivity index (χ1n) is 19.5. The summed E-state index contributed by atoms with van der Waals surface area (Å²) in [7, 11) is 0. The van der Waals surface area contributed by atoms with Crippen LogP contribution in [0.5, 0.6) is 0 Å². The van der Waals surface area contributed by atoms with Crippen LogP contribution in [0.4, 0.5) is 0 Å². The molecule has 0 saturated heterocycles. The Balaban J connectivity index is 1.12. The standard InChI is InChI=1S/C52H32N6/c1-2-15-34(16-3-1)49-43-27-26-33-14-4-5-17-38(33)50(43)56-52(55-49)44-28-29-53-51(54-44)35-30-36(57-45-22-10-6-18-39(45)40-19-7-11-23-46(40)57)32-37(31-35)58-47-24-12-8-20-41(47)42-21-9-13-25-48(42)58/h1-32H. The van der Waals surface area contributed by atoms with E-state index in [1.807, 2.05) is 30.5 Å². The number of fused-ring (bicyclic) bond motifs is 9. The van der Waals surface area contributed by atoms with Crippen LogP contribution >= 0.6 is 0 Å². The lowest BCUT2D eigenvalue weighted by atomic mass is 10.0. The summed E-state index contributed by atoms with van der Waals surface area (Å²) in [6, 6.07) is 66.1. The highest BCUT2D eigenvalue weighted by Crippen LogP contribution is 2.38. The number of aromatic nitrogens is 6. The lowest BCUT2D eigenvalue weighted by Crippen LogP contribution is -2.02. The fourth-order valence-corrected chi connectivity index (χ4v) is 8.80. The summed E-state index contributed by atoms with van der Waals surface area (Å²) in [5.74, 6) is 1.14. The van der Waals surface area contributed by atoms with Gasteiger partial charge >= 0.3 is 0 Å². The first-order valence-corrected chi connectivity index (χ1v) is 19.5. The normalized spacial score (nSPS) is 11.8. The van der Waals surface area contributed by atoms with Crippen molar-refractivity contribution < 1.29 is 0 Å². The molecule has 0 fully saturated rings. The van der Waals surface area contributed by atoms with Gasteiger partial charge in [-0.2, -0.15) is 0 Å². The van der Waals surface area contributed by atoms with Crippen LogP contribution in [0.15, 0.2) is 194 Å². The van der Waals surface area contributed by atoms with Crippen molar-refractivity contribution in [2.45, 2.75) is 0 Å². The highest BCUT2D eigenvalue weighted by Gasteiger charge is 2.20. The first kappa shape index (κ1) is 32.3. The smallest absolute Gasteiger partial charge is 0.179 e. The fraction of sp³-hybridized carbons (Fsp3) is 0. The molecule has 0 saturated carbocycles. The summed E-state index contributed by atoms with van der Waals surface area (Å²) in [6.07, 6.45) is 1.82. The molecule has 270 valence electrons. The maximum Gasteiger partial charge on any atom is 0.179 e. The summed E-state index contributed by atoms with van der Waals surface area (Å²) in [5.41, 5.74) is 10.9. The van der Waals surface area contributed by atoms with Crippen molar-refractivity contribution in [3.63, 3.8) is 0 Å². The Hall–Kier alpha value is -7.96. The number of hydrogen-bond acceptors (Lipinski definition) is 4. The van der Waals surface area contributed by atoms with Crippen LogP contribution in [0.25, 0.3) is 111 Å². The van der Waals surface area contributed by atoms with Crippen LogP contribution in [-0.2, 0) is 0 Å². The van der Waals surface area contributed by atoms with Gasteiger partial charge in [0.05, 0.1) is 33.3 Å². The Kier molecular flexibility index (Phi) is 7.13. The molecule has 0 unspecified atom stereocenters. The molecule has 58 heavy (non-hydrogen) atoms. The predicted molar refractivity (Wildman–Crippen MR) is 238 cm³/mol. The van der Waals surface area contributed by atoms with E-state index in [4.69, 9.17) is 19.9 Å². The summed E-state index contributed by atoms with van der Waals surface area (Å²) in [5, 5.41) is 8.01. The lowest BCUT2D eigenvalue weighted by molar-refractivity contribution is 1.11. The third-order valence-electron chi connectivity index (χ3n) is 11.4. The number of nitrogens with zero attached hydrogens (tertiary/aromatic N) is 6. The van der Waals surface area contributed by atoms with E-state index in [1.165, 1.54) is 21.5 Å². The molecule has 0 spiro atoms. The Morgan fingerprint density at radius 1 is 0.345 bits per heavy atom. The molecule has 0 aliphatic heterocycles. The van der Waals surface area contributed by atoms with Crippen molar-refractivity contribution in [3.05, 3.63) is 194 Å². The molecule has 0 radical (unpaired) electrons. The van der Waals surface area contributed by atoms with Gasteiger partial charge in [0.15, 0.2) is 11.6 Å². The van der Waals surface area contributed by atoms with Gasteiger partial charge in [-0.15, -0.1) is 0 Å². The molecule has 0 atom stereocenters. The molecule has 0 N–H and O–H groups in total. The van der Waals surface area contributed by atoms with Crippen LogP contribution in [0.2, 0.25) is 0 Å². The van der Waals surface area contributed by atoms with Crippen molar-refractivity contribution in [1.29, 1.82) is 0 Å². The molecular weight excluding hydrogens is 709 g/mol. The zero-order valence-electron chi connectivity index (χ0n) is 31.2. The molecule has 0 aliphatic carbocycles. The fourth-order valence-electron chi connectivity index (χ4n) is 8.80. The summed E-state index contributed by atoms with van der Waals surface area (Å²) >= 11 is 0. The average molecular weight is 741 g/mol. The Morgan fingerprint density at radius 3 is 1.45 bits per heavy atom. The number of rotatable bonds is 5. The summed E-state index contributed by atoms with van der Waals surface area (Å²) < 4.78 is 4.72. The number of benzene rings is 8. The molecule has 0 amide bonds. The van der Waals surface area contributed by atoms with Crippen molar-refractivity contribution >= 4 is 65.3 Å². The zero-order chi connectivity index (χ0) is 38.2. The van der Waals surface area contributed by atoms with E-state index in [2.05, 4.69) is 173 Å². The second-order valence-electron chi connectivity index (χ2n) is 14.7. The van der Waals surface area contributed by atoms with E-state index >= 15 is 0 Å². The minimum absolute atomic E-state index is 0.549.